The number of aromatic hydroxyl groups is 1. The van der Waals surface area contributed by atoms with Gasteiger partial charge >= 0.3 is 0 Å². The molecule has 1 N–H and O–H groups in total. The lowest BCUT2D eigenvalue weighted by molar-refractivity contribution is 0.461. The second kappa shape index (κ2) is 4.50. The molecule has 0 spiro atoms. The van der Waals surface area contributed by atoms with Gasteiger partial charge in [-0.1, -0.05) is 12.7 Å². The maximum Gasteiger partial charge on any atom is 0.268 e. The van der Waals surface area contributed by atoms with Crippen LogP contribution in [0.1, 0.15) is 12.5 Å². The average Bonchev–Trinajstić information content (AvgIpc) is 2.27. The van der Waals surface area contributed by atoms with E-state index in [0.29, 0.717) is 12.1 Å². The molecule has 0 saturated carbocycles. The summed E-state index contributed by atoms with van der Waals surface area (Å²) in [5.41, 5.74) is -1.08. The van der Waals surface area contributed by atoms with Crippen LogP contribution in [0.25, 0.3) is 5.57 Å². The summed E-state index contributed by atoms with van der Waals surface area (Å²) in [6, 6.07) is 0. The van der Waals surface area contributed by atoms with Crippen molar-refractivity contribution < 1.29 is 5.11 Å². The van der Waals surface area contributed by atoms with Gasteiger partial charge in [0.05, 0.1) is 5.56 Å². The standard InChI is InChI=1S/C11H11NO3/c1-3-7(5-6-12-4-2)8-9(13)11(15)10(8)14/h3,5-6,13H,1,4H2,2H3/b7-5+,12-6-. The van der Waals surface area contributed by atoms with E-state index in [2.05, 4.69) is 11.6 Å². The van der Waals surface area contributed by atoms with Crippen LogP contribution < -0.4 is 10.9 Å². The van der Waals surface area contributed by atoms with Crippen LogP contribution >= 0.6 is 0 Å². The Morgan fingerprint density at radius 2 is 2.13 bits per heavy atom. The van der Waals surface area contributed by atoms with Gasteiger partial charge < -0.3 is 5.11 Å². The van der Waals surface area contributed by atoms with Crippen molar-refractivity contribution in [1.82, 2.24) is 0 Å². The smallest absolute Gasteiger partial charge is 0.268 e. The van der Waals surface area contributed by atoms with E-state index in [1.54, 1.807) is 0 Å². The van der Waals surface area contributed by atoms with Crippen molar-refractivity contribution in [2.75, 3.05) is 6.54 Å². The second-order valence-corrected chi connectivity index (χ2v) is 2.86. The van der Waals surface area contributed by atoms with Crippen molar-refractivity contribution in [3.05, 3.63) is 44.7 Å². The minimum absolute atomic E-state index is 0.0255. The van der Waals surface area contributed by atoms with E-state index in [9.17, 15) is 14.7 Å². The number of hydrogen-bond acceptors (Lipinski definition) is 4. The van der Waals surface area contributed by atoms with E-state index in [1.807, 2.05) is 6.92 Å². The molecule has 0 aliphatic heterocycles. The van der Waals surface area contributed by atoms with Gasteiger partial charge in [-0.3, -0.25) is 14.6 Å². The van der Waals surface area contributed by atoms with E-state index in [-0.39, 0.29) is 5.56 Å². The molecule has 1 aromatic rings. The molecule has 0 amide bonds. The Balaban J connectivity index is 3.11. The Bertz CT molecular complexity index is 502. The number of aliphatic imine (C=N–C) groups is 1. The molecule has 0 unspecified atom stereocenters. The summed E-state index contributed by atoms with van der Waals surface area (Å²) >= 11 is 0. The van der Waals surface area contributed by atoms with Gasteiger partial charge in [0.1, 0.15) is 0 Å². The first-order valence-electron chi connectivity index (χ1n) is 4.48. The van der Waals surface area contributed by atoms with Crippen molar-refractivity contribution in [2.45, 2.75) is 6.92 Å². The summed E-state index contributed by atoms with van der Waals surface area (Å²) in [6.07, 6.45) is 4.44. The maximum absolute atomic E-state index is 11.1. The summed E-state index contributed by atoms with van der Waals surface area (Å²) in [7, 11) is 0. The molecule has 78 valence electrons. The number of hydrogen-bond donors (Lipinski definition) is 1. The van der Waals surface area contributed by atoms with E-state index < -0.39 is 16.6 Å². The van der Waals surface area contributed by atoms with Gasteiger partial charge in [0.2, 0.25) is 5.43 Å². The fraction of sp³-hybridized carbons (Fsp3) is 0.182. The highest BCUT2D eigenvalue weighted by Gasteiger charge is 2.21. The summed E-state index contributed by atoms with van der Waals surface area (Å²) in [5, 5.41) is 9.18. The van der Waals surface area contributed by atoms with Gasteiger partial charge in [0.25, 0.3) is 5.43 Å². The van der Waals surface area contributed by atoms with Crippen LogP contribution in [-0.4, -0.2) is 17.9 Å². The molecule has 4 nitrogen and oxygen atoms in total. The van der Waals surface area contributed by atoms with Crippen LogP contribution in [0.2, 0.25) is 0 Å². The van der Waals surface area contributed by atoms with Gasteiger partial charge in [-0.05, 0) is 18.6 Å². The second-order valence-electron chi connectivity index (χ2n) is 2.86. The first-order valence-corrected chi connectivity index (χ1v) is 4.48. The molecule has 1 aromatic carbocycles. The zero-order chi connectivity index (χ0) is 11.4. The summed E-state index contributed by atoms with van der Waals surface area (Å²) in [6.45, 7) is 5.99. The normalized spacial score (nSPS) is 12.5. The van der Waals surface area contributed by atoms with Crippen LogP contribution in [0, 0.1) is 0 Å². The van der Waals surface area contributed by atoms with Gasteiger partial charge in [0, 0.05) is 12.8 Å². The third kappa shape index (κ3) is 1.93. The molecule has 0 atom stereocenters. The van der Waals surface area contributed by atoms with Crippen molar-refractivity contribution in [3.63, 3.8) is 0 Å². The predicted molar refractivity (Wildman–Crippen MR) is 60.2 cm³/mol. The zero-order valence-electron chi connectivity index (χ0n) is 8.36. The van der Waals surface area contributed by atoms with Crippen LogP contribution in [0.3, 0.4) is 0 Å². The molecule has 0 aliphatic carbocycles. The fourth-order valence-electron chi connectivity index (χ4n) is 1.14. The number of allylic oxidation sites excluding steroid dienone is 3. The zero-order valence-corrected chi connectivity index (χ0v) is 8.36. The topological polar surface area (TPSA) is 66.7 Å². The van der Waals surface area contributed by atoms with Crippen LogP contribution in [0.15, 0.2) is 33.3 Å². The fourth-order valence-corrected chi connectivity index (χ4v) is 1.14. The maximum atomic E-state index is 11.1. The highest BCUT2D eigenvalue weighted by atomic mass is 16.3. The molecule has 0 aromatic heterocycles. The minimum atomic E-state index is -0.842. The molecule has 0 heterocycles. The predicted octanol–water partition coefficient (Wildman–Crippen LogP) is 0.648. The third-order valence-corrected chi connectivity index (χ3v) is 1.94. The Kier molecular flexibility index (Phi) is 3.33. The first kappa shape index (κ1) is 11.1. The summed E-state index contributed by atoms with van der Waals surface area (Å²) in [5.74, 6) is -0.490. The largest absolute Gasteiger partial charge is 0.503 e. The van der Waals surface area contributed by atoms with Crippen molar-refractivity contribution in [2.24, 2.45) is 4.99 Å². The van der Waals surface area contributed by atoms with E-state index in [1.165, 1.54) is 18.4 Å². The third-order valence-electron chi connectivity index (χ3n) is 1.94. The molecule has 0 fully saturated rings. The highest BCUT2D eigenvalue weighted by molar-refractivity contribution is 5.90. The van der Waals surface area contributed by atoms with Crippen LogP contribution in [0.5, 0.6) is 5.75 Å². The van der Waals surface area contributed by atoms with E-state index >= 15 is 0 Å². The lowest BCUT2D eigenvalue weighted by Crippen LogP contribution is -2.33. The minimum Gasteiger partial charge on any atom is -0.503 e. The Hall–Kier alpha value is -1.97. The molecule has 0 bridgehead atoms. The van der Waals surface area contributed by atoms with Gasteiger partial charge in [-0.2, -0.15) is 0 Å². The van der Waals surface area contributed by atoms with Crippen LogP contribution in [-0.2, 0) is 0 Å². The van der Waals surface area contributed by atoms with Gasteiger partial charge in [-0.15, -0.1) is 0 Å². The monoisotopic (exact) mass is 205 g/mol. The first-order chi connectivity index (χ1) is 7.13. The number of rotatable bonds is 4. The molecule has 4 heteroatoms. The lowest BCUT2D eigenvalue weighted by Gasteiger charge is -2.04. The SMILES string of the molecule is C=C/C(=C\C=N/CC)c1c(O)c(=O)c1=O. The quantitative estimate of drug-likeness (QED) is 0.446. The Morgan fingerprint density at radius 1 is 1.47 bits per heavy atom. The molecule has 0 radical (unpaired) electrons. The van der Waals surface area contributed by atoms with Gasteiger partial charge in [-0.25, -0.2) is 0 Å². The van der Waals surface area contributed by atoms with Gasteiger partial charge in [0.15, 0.2) is 5.75 Å². The molecule has 15 heavy (non-hydrogen) atoms. The van der Waals surface area contributed by atoms with E-state index in [4.69, 9.17) is 0 Å². The van der Waals surface area contributed by atoms with Crippen molar-refractivity contribution in [1.29, 1.82) is 0 Å². The van der Waals surface area contributed by atoms with Crippen LogP contribution in [0.4, 0.5) is 0 Å². The molecular formula is C11H11NO3. The molecular weight excluding hydrogens is 194 g/mol. The highest BCUT2D eigenvalue weighted by Crippen LogP contribution is 2.19. The van der Waals surface area contributed by atoms with Crippen molar-refractivity contribution in [3.8, 4) is 5.75 Å². The Labute approximate surface area is 86.6 Å². The molecule has 0 aliphatic rings. The van der Waals surface area contributed by atoms with E-state index in [0.717, 1.165) is 0 Å². The summed E-state index contributed by atoms with van der Waals surface area (Å²) < 4.78 is 0. The molecule has 1 rings (SSSR count). The Morgan fingerprint density at radius 3 is 2.60 bits per heavy atom. The average molecular weight is 205 g/mol. The molecule has 0 saturated heterocycles. The van der Waals surface area contributed by atoms with Crippen molar-refractivity contribution >= 4 is 11.8 Å². The number of nitrogens with zero attached hydrogens (tertiary/aromatic N) is 1. The lowest BCUT2D eigenvalue weighted by atomic mass is 10.00. The summed E-state index contributed by atoms with van der Waals surface area (Å²) in [4.78, 5) is 25.8.